The molecular formula is C19H19BrN2S2. The summed E-state index contributed by atoms with van der Waals surface area (Å²) in [5.41, 5.74) is 3.86. The van der Waals surface area contributed by atoms with E-state index in [0.717, 1.165) is 49.7 Å². The van der Waals surface area contributed by atoms with Crippen LogP contribution >= 0.6 is 40.4 Å². The van der Waals surface area contributed by atoms with Crippen molar-refractivity contribution in [2.45, 2.75) is 38.6 Å². The number of halogens is 1. The van der Waals surface area contributed by atoms with E-state index < -0.39 is 5.54 Å². The second kappa shape index (κ2) is 6.98. The molecule has 1 aromatic heterocycles. The second-order valence-corrected chi connectivity index (χ2v) is 7.86. The van der Waals surface area contributed by atoms with Crippen molar-refractivity contribution in [2.24, 2.45) is 0 Å². The predicted octanol–water partition coefficient (Wildman–Crippen LogP) is 4.90. The van der Waals surface area contributed by atoms with Gasteiger partial charge in [0.1, 0.15) is 5.54 Å². The van der Waals surface area contributed by atoms with Gasteiger partial charge in [-0.3, -0.25) is 4.98 Å². The summed E-state index contributed by atoms with van der Waals surface area (Å²) >= 11 is 14.9. The summed E-state index contributed by atoms with van der Waals surface area (Å²) in [6.45, 7) is 4.25. The maximum atomic E-state index is 5.81. The monoisotopic (exact) mass is 418 g/mol. The van der Waals surface area contributed by atoms with E-state index >= 15 is 0 Å². The Kier molecular flexibility index (Phi) is 5.13. The minimum absolute atomic E-state index is 0.549. The Labute approximate surface area is 162 Å². The molecule has 0 bridgehead atoms. The third-order valence-corrected chi connectivity index (χ3v) is 5.60. The first-order valence-electron chi connectivity index (χ1n) is 8.10. The third kappa shape index (κ3) is 3.05. The molecule has 1 aromatic carbocycles. The van der Waals surface area contributed by atoms with Crippen LogP contribution in [-0.2, 0) is 18.4 Å². The van der Waals surface area contributed by atoms with Crippen LogP contribution in [0.5, 0.6) is 0 Å². The molecule has 0 spiro atoms. The van der Waals surface area contributed by atoms with E-state index in [-0.39, 0.29) is 0 Å². The first-order valence-corrected chi connectivity index (χ1v) is 9.71. The molecule has 1 unspecified atom stereocenters. The average Bonchev–Trinajstić information content (AvgIpc) is 2.89. The summed E-state index contributed by atoms with van der Waals surface area (Å²) in [4.78, 5) is 6.43. The minimum atomic E-state index is -0.549. The summed E-state index contributed by atoms with van der Waals surface area (Å²) < 4.78 is 1.03. The Hall–Kier alpha value is -1.17. The van der Waals surface area contributed by atoms with Crippen LogP contribution < -0.4 is 5.32 Å². The highest BCUT2D eigenvalue weighted by atomic mass is 79.9. The Morgan fingerprint density at radius 1 is 1.08 bits per heavy atom. The topological polar surface area (TPSA) is 24.9 Å². The molecule has 1 atom stereocenters. The van der Waals surface area contributed by atoms with Gasteiger partial charge in [0.2, 0.25) is 0 Å². The molecule has 1 fully saturated rings. The number of hydrogen-bond donors (Lipinski definition) is 1. The van der Waals surface area contributed by atoms with Gasteiger partial charge in [-0.25, -0.2) is 0 Å². The molecule has 3 rings (SSSR count). The van der Waals surface area contributed by atoms with Gasteiger partial charge in [0.05, 0.1) is 4.99 Å². The van der Waals surface area contributed by atoms with Crippen LogP contribution in [0.3, 0.4) is 0 Å². The summed E-state index contributed by atoms with van der Waals surface area (Å²) in [6.07, 6.45) is 2.43. The molecule has 1 N–H and O–H groups in total. The zero-order chi connectivity index (χ0) is 17.3. The largest absolute Gasteiger partial charge is 0.362 e. The standard InChI is InChI=1S/C19H19BrN2S2/c1-3-15-9-13(10-16(4-2)21-15)19(17(23)11-18(24)22-19)12-6-5-7-14(20)8-12/h5-10H,3-4,11H2,1-2H3,(H,22,24). The lowest BCUT2D eigenvalue weighted by molar-refractivity contribution is 0.666. The number of benzene rings is 1. The molecule has 2 nitrogen and oxygen atoms in total. The molecule has 1 aliphatic heterocycles. The number of thiocarbonyl (C=S) groups is 2. The predicted molar refractivity (Wildman–Crippen MR) is 111 cm³/mol. The minimum Gasteiger partial charge on any atom is -0.362 e. The van der Waals surface area contributed by atoms with E-state index in [0.29, 0.717) is 6.42 Å². The van der Waals surface area contributed by atoms with Gasteiger partial charge < -0.3 is 5.32 Å². The summed E-state index contributed by atoms with van der Waals surface area (Å²) in [7, 11) is 0. The molecule has 0 amide bonds. The van der Waals surface area contributed by atoms with Crippen LogP contribution in [0.15, 0.2) is 40.9 Å². The fraction of sp³-hybridized carbons (Fsp3) is 0.316. The van der Waals surface area contributed by atoms with E-state index in [2.05, 4.69) is 59.4 Å². The van der Waals surface area contributed by atoms with Crippen molar-refractivity contribution >= 4 is 50.2 Å². The van der Waals surface area contributed by atoms with Gasteiger partial charge in [-0.1, -0.05) is 66.3 Å². The van der Waals surface area contributed by atoms with Gasteiger partial charge in [-0.15, -0.1) is 0 Å². The molecule has 1 saturated heterocycles. The van der Waals surface area contributed by atoms with Crippen molar-refractivity contribution in [3.8, 4) is 0 Å². The van der Waals surface area contributed by atoms with Crippen LogP contribution in [0.25, 0.3) is 0 Å². The van der Waals surface area contributed by atoms with Gasteiger partial charge in [-0.2, -0.15) is 0 Å². The maximum absolute atomic E-state index is 5.81. The van der Waals surface area contributed by atoms with Gasteiger partial charge in [0, 0.05) is 27.1 Å². The molecule has 124 valence electrons. The zero-order valence-electron chi connectivity index (χ0n) is 13.7. The van der Waals surface area contributed by atoms with Crippen molar-refractivity contribution in [3.05, 3.63) is 63.4 Å². The smallest absolute Gasteiger partial charge is 0.121 e. The SMILES string of the molecule is CCc1cc(C2(c3cccc(Br)c3)NC(=S)CC2=S)cc(CC)n1. The Balaban J connectivity index is 2.27. The lowest BCUT2D eigenvalue weighted by Gasteiger charge is -2.32. The highest BCUT2D eigenvalue weighted by molar-refractivity contribution is 9.10. The van der Waals surface area contributed by atoms with Crippen LogP contribution in [0.1, 0.15) is 42.8 Å². The van der Waals surface area contributed by atoms with Gasteiger partial charge in [0.15, 0.2) is 0 Å². The quantitative estimate of drug-likeness (QED) is 0.713. The normalized spacial score (nSPS) is 20.3. The number of nitrogens with one attached hydrogen (secondary N) is 1. The number of nitrogens with zero attached hydrogens (tertiary/aromatic N) is 1. The number of aromatic nitrogens is 1. The van der Waals surface area contributed by atoms with Crippen LogP contribution in [0.4, 0.5) is 0 Å². The average molecular weight is 419 g/mol. The fourth-order valence-corrected chi connectivity index (χ4v) is 4.40. The molecular weight excluding hydrogens is 400 g/mol. The van der Waals surface area contributed by atoms with Gasteiger partial charge in [0.25, 0.3) is 0 Å². The molecule has 2 heterocycles. The van der Waals surface area contributed by atoms with Gasteiger partial charge >= 0.3 is 0 Å². The number of rotatable bonds is 4. The molecule has 0 aliphatic carbocycles. The lowest BCUT2D eigenvalue weighted by atomic mass is 9.81. The lowest BCUT2D eigenvalue weighted by Crippen LogP contribution is -2.44. The van der Waals surface area contributed by atoms with E-state index in [9.17, 15) is 0 Å². The fourth-order valence-electron chi connectivity index (χ4n) is 3.18. The number of hydrogen-bond acceptors (Lipinski definition) is 3. The molecule has 0 radical (unpaired) electrons. The van der Waals surface area contributed by atoms with E-state index in [4.69, 9.17) is 29.4 Å². The van der Waals surface area contributed by atoms with Crippen molar-refractivity contribution in [3.63, 3.8) is 0 Å². The van der Waals surface area contributed by atoms with Crippen molar-refractivity contribution in [1.82, 2.24) is 10.3 Å². The number of pyridine rings is 1. The highest BCUT2D eigenvalue weighted by Crippen LogP contribution is 2.38. The molecule has 1 aliphatic rings. The molecule has 2 aromatic rings. The zero-order valence-corrected chi connectivity index (χ0v) is 16.9. The van der Waals surface area contributed by atoms with E-state index in [1.165, 1.54) is 0 Å². The van der Waals surface area contributed by atoms with Crippen LogP contribution in [0, 0.1) is 0 Å². The summed E-state index contributed by atoms with van der Waals surface area (Å²) in [6, 6.07) is 12.6. The van der Waals surface area contributed by atoms with E-state index in [1.54, 1.807) is 0 Å². The Bertz CT molecular complexity index is 797. The Morgan fingerprint density at radius 3 is 2.25 bits per heavy atom. The van der Waals surface area contributed by atoms with Crippen LogP contribution in [0.2, 0.25) is 0 Å². The first kappa shape index (κ1) is 17.6. The first-order chi connectivity index (χ1) is 11.5. The second-order valence-electron chi connectivity index (χ2n) is 5.95. The van der Waals surface area contributed by atoms with Gasteiger partial charge in [-0.05, 0) is 48.2 Å². The van der Waals surface area contributed by atoms with E-state index in [1.807, 2.05) is 12.1 Å². The van der Waals surface area contributed by atoms with Crippen LogP contribution in [-0.4, -0.2) is 14.8 Å². The molecule has 0 saturated carbocycles. The maximum Gasteiger partial charge on any atom is 0.121 e. The van der Waals surface area contributed by atoms with Crippen molar-refractivity contribution < 1.29 is 0 Å². The third-order valence-electron chi connectivity index (χ3n) is 4.41. The van der Waals surface area contributed by atoms with Crippen molar-refractivity contribution in [2.75, 3.05) is 0 Å². The number of aryl methyl sites for hydroxylation is 2. The molecule has 5 heteroatoms. The Morgan fingerprint density at radius 2 is 1.75 bits per heavy atom. The molecule has 24 heavy (non-hydrogen) atoms. The highest BCUT2D eigenvalue weighted by Gasteiger charge is 2.44. The summed E-state index contributed by atoms with van der Waals surface area (Å²) in [5, 5.41) is 3.52. The summed E-state index contributed by atoms with van der Waals surface area (Å²) in [5.74, 6) is 0. The van der Waals surface area contributed by atoms with Crippen molar-refractivity contribution in [1.29, 1.82) is 0 Å².